The van der Waals surface area contributed by atoms with Crippen LogP contribution in [0, 0.1) is 6.92 Å². The van der Waals surface area contributed by atoms with Crippen LogP contribution in [0.1, 0.15) is 18.2 Å². The molecular weight excluding hydrogens is 250 g/mol. The van der Waals surface area contributed by atoms with Crippen LogP contribution in [0.2, 0.25) is 0 Å². The first-order valence-corrected chi connectivity index (χ1v) is 6.77. The van der Waals surface area contributed by atoms with Gasteiger partial charge >= 0.3 is 0 Å². The van der Waals surface area contributed by atoms with Crippen molar-refractivity contribution in [3.05, 3.63) is 41.6 Å². The highest BCUT2D eigenvalue weighted by atomic mass is 16.3. The van der Waals surface area contributed by atoms with Gasteiger partial charge in [-0.25, -0.2) is 9.97 Å². The van der Waals surface area contributed by atoms with Gasteiger partial charge in [0.25, 0.3) is 0 Å². The molecule has 1 N–H and O–H groups in total. The Hall–Kier alpha value is -2.36. The highest BCUT2D eigenvalue weighted by Crippen LogP contribution is 2.27. The Morgan fingerprint density at radius 2 is 2.00 bits per heavy atom. The van der Waals surface area contributed by atoms with E-state index in [1.54, 1.807) is 0 Å². The van der Waals surface area contributed by atoms with Crippen LogP contribution < -0.4 is 5.32 Å². The van der Waals surface area contributed by atoms with Gasteiger partial charge < -0.3 is 9.73 Å². The molecule has 20 heavy (non-hydrogen) atoms. The molecule has 0 bridgehead atoms. The van der Waals surface area contributed by atoms with Crippen LogP contribution in [-0.2, 0) is 6.42 Å². The van der Waals surface area contributed by atoms with Crippen molar-refractivity contribution in [2.45, 2.75) is 20.3 Å². The Morgan fingerprint density at radius 1 is 1.20 bits per heavy atom. The SMILES string of the molecule is CCc1c(C)nc(-c2cc3ccccc3o2)nc1NC. The van der Waals surface area contributed by atoms with Crippen molar-refractivity contribution in [3.8, 4) is 11.6 Å². The van der Waals surface area contributed by atoms with E-state index in [4.69, 9.17) is 4.42 Å². The summed E-state index contributed by atoms with van der Waals surface area (Å²) in [6.07, 6.45) is 0.905. The molecular formula is C16H17N3O. The monoisotopic (exact) mass is 267 g/mol. The van der Waals surface area contributed by atoms with Gasteiger partial charge in [-0.05, 0) is 25.5 Å². The fraction of sp³-hybridized carbons (Fsp3) is 0.250. The van der Waals surface area contributed by atoms with E-state index in [-0.39, 0.29) is 0 Å². The van der Waals surface area contributed by atoms with Crippen molar-refractivity contribution in [3.63, 3.8) is 0 Å². The topological polar surface area (TPSA) is 51.0 Å². The number of hydrogen-bond acceptors (Lipinski definition) is 4. The fourth-order valence-corrected chi connectivity index (χ4v) is 2.43. The van der Waals surface area contributed by atoms with Crippen LogP contribution in [-0.4, -0.2) is 17.0 Å². The predicted octanol–water partition coefficient (Wildman–Crippen LogP) is 3.80. The molecule has 3 aromatic rings. The van der Waals surface area contributed by atoms with Crippen molar-refractivity contribution in [2.24, 2.45) is 0 Å². The summed E-state index contributed by atoms with van der Waals surface area (Å²) in [5.74, 6) is 2.20. The number of hydrogen-bond donors (Lipinski definition) is 1. The second kappa shape index (κ2) is 4.96. The molecule has 0 saturated heterocycles. The van der Waals surface area contributed by atoms with Gasteiger partial charge in [0.05, 0.1) is 0 Å². The first-order chi connectivity index (χ1) is 9.72. The maximum atomic E-state index is 5.83. The van der Waals surface area contributed by atoms with Crippen LogP contribution in [0.15, 0.2) is 34.7 Å². The third-order valence-electron chi connectivity index (χ3n) is 3.45. The third-order valence-corrected chi connectivity index (χ3v) is 3.45. The molecule has 0 aliphatic heterocycles. The Bertz CT molecular complexity index is 729. The van der Waals surface area contributed by atoms with E-state index in [1.165, 1.54) is 0 Å². The standard InChI is InChI=1S/C16H17N3O/c1-4-12-10(2)18-16(19-15(12)17-3)14-9-11-7-5-6-8-13(11)20-14/h5-9H,4H2,1-3H3,(H,17,18,19). The van der Waals surface area contributed by atoms with Gasteiger partial charge in [-0.1, -0.05) is 25.1 Å². The van der Waals surface area contributed by atoms with Crippen molar-refractivity contribution in [1.29, 1.82) is 0 Å². The number of benzene rings is 1. The molecule has 0 radical (unpaired) electrons. The molecule has 2 aromatic heterocycles. The maximum Gasteiger partial charge on any atom is 0.197 e. The zero-order chi connectivity index (χ0) is 14.1. The highest BCUT2D eigenvalue weighted by molar-refractivity contribution is 5.81. The van der Waals surface area contributed by atoms with E-state index < -0.39 is 0 Å². The number of rotatable bonds is 3. The molecule has 1 aromatic carbocycles. The average molecular weight is 267 g/mol. The van der Waals surface area contributed by atoms with Gasteiger partial charge in [-0.15, -0.1) is 0 Å². The van der Waals surface area contributed by atoms with E-state index in [0.29, 0.717) is 11.6 Å². The zero-order valence-electron chi connectivity index (χ0n) is 11.9. The van der Waals surface area contributed by atoms with E-state index in [0.717, 1.165) is 34.5 Å². The number of aryl methyl sites for hydroxylation is 1. The molecule has 0 saturated carbocycles. The summed E-state index contributed by atoms with van der Waals surface area (Å²) in [7, 11) is 1.88. The maximum absolute atomic E-state index is 5.83. The van der Waals surface area contributed by atoms with Crippen molar-refractivity contribution in [1.82, 2.24) is 9.97 Å². The number of nitrogens with zero attached hydrogens (tertiary/aromatic N) is 2. The fourth-order valence-electron chi connectivity index (χ4n) is 2.43. The Balaban J connectivity index is 2.16. The molecule has 3 rings (SSSR count). The quantitative estimate of drug-likeness (QED) is 0.784. The molecule has 2 heterocycles. The Kier molecular flexibility index (Phi) is 3.14. The minimum absolute atomic E-state index is 0.625. The highest BCUT2D eigenvalue weighted by Gasteiger charge is 2.13. The zero-order valence-corrected chi connectivity index (χ0v) is 11.9. The van der Waals surface area contributed by atoms with E-state index in [1.807, 2.05) is 44.3 Å². The second-order valence-corrected chi connectivity index (χ2v) is 4.71. The lowest BCUT2D eigenvalue weighted by molar-refractivity contribution is 0.624. The van der Waals surface area contributed by atoms with Gasteiger partial charge in [0.1, 0.15) is 11.4 Å². The van der Waals surface area contributed by atoms with E-state index in [9.17, 15) is 0 Å². The molecule has 0 atom stereocenters. The first kappa shape index (κ1) is 12.7. The minimum atomic E-state index is 0.625. The van der Waals surface area contributed by atoms with E-state index >= 15 is 0 Å². The van der Waals surface area contributed by atoms with Gasteiger partial charge in [0.15, 0.2) is 11.6 Å². The molecule has 4 heteroatoms. The summed E-state index contributed by atoms with van der Waals surface area (Å²) in [6.45, 7) is 4.11. The third kappa shape index (κ3) is 2.03. The van der Waals surface area contributed by atoms with Crippen molar-refractivity contribution in [2.75, 3.05) is 12.4 Å². The van der Waals surface area contributed by atoms with E-state index in [2.05, 4.69) is 22.2 Å². The Morgan fingerprint density at radius 3 is 2.70 bits per heavy atom. The number of aromatic nitrogens is 2. The lowest BCUT2D eigenvalue weighted by atomic mass is 10.1. The van der Waals surface area contributed by atoms with Crippen LogP contribution in [0.25, 0.3) is 22.6 Å². The molecule has 0 unspecified atom stereocenters. The number of anilines is 1. The first-order valence-electron chi connectivity index (χ1n) is 6.77. The molecule has 102 valence electrons. The summed E-state index contributed by atoms with van der Waals surface area (Å²) in [5, 5.41) is 4.20. The summed E-state index contributed by atoms with van der Waals surface area (Å²) >= 11 is 0. The summed E-state index contributed by atoms with van der Waals surface area (Å²) in [6, 6.07) is 9.91. The molecule has 0 fully saturated rings. The predicted molar refractivity (Wildman–Crippen MR) is 80.9 cm³/mol. The smallest absolute Gasteiger partial charge is 0.197 e. The largest absolute Gasteiger partial charge is 0.453 e. The molecule has 0 aliphatic carbocycles. The number of para-hydroxylation sites is 1. The molecule has 0 amide bonds. The minimum Gasteiger partial charge on any atom is -0.453 e. The average Bonchev–Trinajstić information content (AvgIpc) is 2.90. The number of nitrogens with one attached hydrogen (secondary N) is 1. The summed E-state index contributed by atoms with van der Waals surface area (Å²) in [5.41, 5.74) is 2.99. The van der Waals surface area contributed by atoms with Crippen molar-refractivity contribution >= 4 is 16.8 Å². The van der Waals surface area contributed by atoms with Crippen molar-refractivity contribution < 1.29 is 4.42 Å². The van der Waals surface area contributed by atoms with Gasteiger partial charge in [0, 0.05) is 23.7 Å². The number of fused-ring (bicyclic) bond motifs is 1. The molecule has 0 aliphatic rings. The Labute approximate surface area is 117 Å². The van der Waals surface area contributed by atoms with Crippen LogP contribution >= 0.6 is 0 Å². The van der Waals surface area contributed by atoms with Gasteiger partial charge in [-0.3, -0.25) is 0 Å². The van der Waals surface area contributed by atoms with Crippen LogP contribution in [0.3, 0.4) is 0 Å². The van der Waals surface area contributed by atoms with Crippen LogP contribution in [0.4, 0.5) is 5.82 Å². The lowest BCUT2D eigenvalue weighted by Gasteiger charge is -2.10. The summed E-state index contributed by atoms with van der Waals surface area (Å²) in [4.78, 5) is 9.15. The van der Waals surface area contributed by atoms with Crippen LogP contribution in [0.5, 0.6) is 0 Å². The lowest BCUT2D eigenvalue weighted by Crippen LogP contribution is -2.04. The number of furan rings is 1. The van der Waals surface area contributed by atoms with Gasteiger partial charge in [-0.2, -0.15) is 0 Å². The van der Waals surface area contributed by atoms with Gasteiger partial charge in [0.2, 0.25) is 0 Å². The molecule has 0 spiro atoms. The summed E-state index contributed by atoms with van der Waals surface area (Å²) < 4.78 is 5.83. The normalized spacial score (nSPS) is 10.9. The second-order valence-electron chi connectivity index (χ2n) is 4.71. The molecule has 4 nitrogen and oxygen atoms in total.